The minimum Gasteiger partial charge on any atom is -0.383 e. The first-order valence-electron chi connectivity index (χ1n) is 6.32. The summed E-state index contributed by atoms with van der Waals surface area (Å²) >= 11 is 0. The lowest BCUT2D eigenvalue weighted by atomic mass is 9.64. The van der Waals surface area contributed by atoms with Crippen LogP contribution < -0.4 is 5.32 Å². The van der Waals surface area contributed by atoms with Crippen molar-refractivity contribution in [2.24, 2.45) is 0 Å². The maximum Gasteiger partial charge on any atom is 0.126 e. The molecule has 100 valence electrons. The first-order chi connectivity index (χ1) is 8.66. The van der Waals surface area contributed by atoms with E-state index in [4.69, 9.17) is 4.74 Å². The molecule has 1 saturated carbocycles. The van der Waals surface area contributed by atoms with Crippen LogP contribution >= 0.6 is 0 Å². The number of nitrogens with one attached hydrogen (secondary N) is 1. The van der Waals surface area contributed by atoms with Crippen molar-refractivity contribution < 1.29 is 13.5 Å². The summed E-state index contributed by atoms with van der Waals surface area (Å²) in [5.74, 6) is -0.985. The van der Waals surface area contributed by atoms with Crippen molar-refractivity contribution in [1.82, 2.24) is 5.32 Å². The Kier molecular flexibility index (Phi) is 4.30. The van der Waals surface area contributed by atoms with Crippen LogP contribution in [0.15, 0.2) is 18.2 Å². The van der Waals surface area contributed by atoms with Gasteiger partial charge in [0.1, 0.15) is 11.6 Å². The Labute approximate surface area is 106 Å². The minimum absolute atomic E-state index is 0.101. The molecule has 2 rings (SSSR count). The Hall–Kier alpha value is -1.00. The molecule has 0 aliphatic heterocycles. The van der Waals surface area contributed by atoms with Crippen molar-refractivity contribution in [1.29, 1.82) is 0 Å². The highest BCUT2D eigenvalue weighted by atomic mass is 19.1. The second-order valence-corrected chi connectivity index (χ2v) is 4.96. The van der Waals surface area contributed by atoms with Gasteiger partial charge in [0.2, 0.25) is 0 Å². The van der Waals surface area contributed by atoms with Gasteiger partial charge in [0.05, 0.1) is 6.61 Å². The van der Waals surface area contributed by atoms with Gasteiger partial charge in [0, 0.05) is 31.7 Å². The Balaban J connectivity index is 2.06. The van der Waals surface area contributed by atoms with Crippen molar-refractivity contribution in [3.05, 3.63) is 35.4 Å². The summed E-state index contributed by atoms with van der Waals surface area (Å²) in [7, 11) is 1.66. The molecule has 1 aliphatic carbocycles. The first-order valence-corrected chi connectivity index (χ1v) is 6.32. The number of hydrogen-bond acceptors (Lipinski definition) is 2. The summed E-state index contributed by atoms with van der Waals surface area (Å²) < 4.78 is 31.5. The van der Waals surface area contributed by atoms with E-state index >= 15 is 0 Å². The standard InChI is InChI=1S/C14H19F2NO/c1-18-6-5-17-10-14(3-2-4-14)11-7-12(15)9-13(16)8-11/h7-9,17H,2-6,10H2,1H3. The molecule has 1 aromatic rings. The van der Waals surface area contributed by atoms with Gasteiger partial charge in [-0.05, 0) is 30.5 Å². The monoisotopic (exact) mass is 255 g/mol. The van der Waals surface area contributed by atoms with E-state index in [1.54, 1.807) is 7.11 Å². The third-order valence-electron chi connectivity index (χ3n) is 3.73. The molecule has 0 saturated heterocycles. The topological polar surface area (TPSA) is 21.3 Å². The second-order valence-electron chi connectivity index (χ2n) is 4.96. The quantitative estimate of drug-likeness (QED) is 0.789. The van der Waals surface area contributed by atoms with E-state index in [9.17, 15) is 8.78 Å². The Morgan fingerprint density at radius 2 is 1.89 bits per heavy atom. The van der Waals surface area contributed by atoms with Crippen LogP contribution in [0.25, 0.3) is 0 Å². The molecule has 1 aliphatic rings. The molecule has 1 N–H and O–H groups in total. The number of rotatable bonds is 6. The summed E-state index contributed by atoms with van der Waals surface area (Å²) in [4.78, 5) is 0. The molecule has 0 aromatic heterocycles. The normalized spacial score (nSPS) is 17.5. The van der Waals surface area contributed by atoms with E-state index in [2.05, 4.69) is 5.32 Å². The van der Waals surface area contributed by atoms with Crippen molar-refractivity contribution in [3.8, 4) is 0 Å². The van der Waals surface area contributed by atoms with Gasteiger partial charge < -0.3 is 10.1 Å². The van der Waals surface area contributed by atoms with Crippen LogP contribution in [0.1, 0.15) is 24.8 Å². The van der Waals surface area contributed by atoms with Crippen LogP contribution in [-0.2, 0) is 10.2 Å². The van der Waals surface area contributed by atoms with Gasteiger partial charge in [-0.1, -0.05) is 6.42 Å². The molecule has 1 aromatic carbocycles. The second kappa shape index (κ2) is 5.76. The van der Waals surface area contributed by atoms with E-state index in [0.29, 0.717) is 6.61 Å². The number of methoxy groups -OCH3 is 1. The zero-order chi connectivity index (χ0) is 13.0. The van der Waals surface area contributed by atoms with Gasteiger partial charge in [-0.2, -0.15) is 0 Å². The summed E-state index contributed by atoms with van der Waals surface area (Å²) in [6.45, 7) is 2.16. The van der Waals surface area contributed by atoms with Crippen LogP contribution in [0.2, 0.25) is 0 Å². The van der Waals surface area contributed by atoms with Gasteiger partial charge in [-0.3, -0.25) is 0 Å². The van der Waals surface area contributed by atoms with Crippen molar-refractivity contribution in [2.45, 2.75) is 24.7 Å². The molecular weight excluding hydrogens is 236 g/mol. The maximum atomic E-state index is 13.3. The maximum absolute atomic E-state index is 13.3. The number of hydrogen-bond donors (Lipinski definition) is 1. The largest absolute Gasteiger partial charge is 0.383 e. The van der Waals surface area contributed by atoms with E-state index in [0.717, 1.165) is 44.0 Å². The smallest absolute Gasteiger partial charge is 0.126 e. The van der Waals surface area contributed by atoms with Gasteiger partial charge in [0.15, 0.2) is 0 Å². The lowest BCUT2D eigenvalue weighted by Crippen LogP contribution is -2.44. The zero-order valence-electron chi connectivity index (χ0n) is 10.6. The molecule has 4 heteroatoms. The molecule has 0 heterocycles. The van der Waals surface area contributed by atoms with Crippen LogP contribution in [0.4, 0.5) is 8.78 Å². The third-order valence-corrected chi connectivity index (χ3v) is 3.73. The van der Waals surface area contributed by atoms with Crippen molar-refractivity contribution >= 4 is 0 Å². The highest BCUT2D eigenvalue weighted by Crippen LogP contribution is 2.43. The Bertz CT molecular complexity index is 385. The van der Waals surface area contributed by atoms with E-state index in [1.165, 1.54) is 12.1 Å². The number of ether oxygens (including phenoxy) is 1. The number of halogens is 2. The van der Waals surface area contributed by atoms with Gasteiger partial charge in [-0.15, -0.1) is 0 Å². The highest BCUT2D eigenvalue weighted by molar-refractivity contribution is 5.30. The number of benzene rings is 1. The van der Waals surface area contributed by atoms with Crippen LogP contribution in [0, 0.1) is 11.6 Å². The molecule has 0 radical (unpaired) electrons. The predicted molar refractivity (Wildman–Crippen MR) is 66.6 cm³/mol. The first kappa shape index (κ1) is 13.4. The molecule has 2 nitrogen and oxygen atoms in total. The Morgan fingerprint density at radius 1 is 1.22 bits per heavy atom. The molecule has 1 fully saturated rings. The lowest BCUT2D eigenvalue weighted by Gasteiger charge is -2.42. The zero-order valence-corrected chi connectivity index (χ0v) is 10.6. The van der Waals surface area contributed by atoms with Gasteiger partial charge >= 0.3 is 0 Å². The van der Waals surface area contributed by atoms with Crippen LogP contribution in [0.5, 0.6) is 0 Å². The molecule has 0 unspecified atom stereocenters. The summed E-state index contributed by atoms with van der Waals surface area (Å²) in [6.07, 6.45) is 3.08. The molecule has 0 atom stereocenters. The molecular formula is C14H19F2NO. The van der Waals surface area contributed by atoms with E-state index < -0.39 is 11.6 Å². The fraction of sp³-hybridized carbons (Fsp3) is 0.571. The molecule has 0 spiro atoms. The summed E-state index contributed by atoms with van der Waals surface area (Å²) in [5, 5.41) is 3.30. The SMILES string of the molecule is COCCNCC1(c2cc(F)cc(F)c2)CCC1. The van der Waals surface area contributed by atoms with Gasteiger partial charge in [-0.25, -0.2) is 8.78 Å². The molecule has 18 heavy (non-hydrogen) atoms. The van der Waals surface area contributed by atoms with Gasteiger partial charge in [0.25, 0.3) is 0 Å². The average molecular weight is 255 g/mol. The molecule has 0 bridgehead atoms. The fourth-order valence-electron chi connectivity index (χ4n) is 2.53. The van der Waals surface area contributed by atoms with E-state index in [-0.39, 0.29) is 5.41 Å². The fourth-order valence-corrected chi connectivity index (χ4v) is 2.53. The summed E-state index contributed by atoms with van der Waals surface area (Å²) in [6, 6.07) is 3.84. The highest BCUT2D eigenvalue weighted by Gasteiger charge is 2.38. The van der Waals surface area contributed by atoms with E-state index in [1.807, 2.05) is 0 Å². The third kappa shape index (κ3) is 2.87. The van der Waals surface area contributed by atoms with Crippen molar-refractivity contribution in [3.63, 3.8) is 0 Å². The average Bonchev–Trinajstić information content (AvgIpc) is 2.25. The lowest BCUT2D eigenvalue weighted by molar-refractivity contribution is 0.184. The van der Waals surface area contributed by atoms with Crippen LogP contribution in [0.3, 0.4) is 0 Å². The Morgan fingerprint density at radius 3 is 2.39 bits per heavy atom. The van der Waals surface area contributed by atoms with Crippen molar-refractivity contribution in [2.75, 3.05) is 26.8 Å². The minimum atomic E-state index is -0.492. The predicted octanol–water partition coefficient (Wildman–Crippen LogP) is 2.62. The molecule has 0 amide bonds. The van der Waals surface area contributed by atoms with Crippen LogP contribution in [-0.4, -0.2) is 26.8 Å². The summed E-state index contributed by atoms with van der Waals surface area (Å²) in [5.41, 5.74) is 0.674.